The second kappa shape index (κ2) is 10.3. The van der Waals surface area contributed by atoms with E-state index in [9.17, 15) is 9.18 Å². The fraction of sp³-hybridized carbons (Fsp3) is 0.278. The number of rotatable bonds is 7. The molecule has 2 aromatic rings. The highest BCUT2D eigenvalue weighted by Gasteiger charge is 2.22. The van der Waals surface area contributed by atoms with Gasteiger partial charge in [0.1, 0.15) is 11.1 Å². The van der Waals surface area contributed by atoms with Crippen molar-refractivity contribution in [2.75, 3.05) is 6.54 Å². The molecule has 3 nitrogen and oxygen atoms in total. The minimum Gasteiger partial charge on any atom is -0.355 e. The van der Waals surface area contributed by atoms with E-state index in [4.69, 9.17) is 5.73 Å². The largest absolute Gasteiger partial charge is 0.355 e. The topological polar surface area (TPSA) is 55.1 Å². The highest BCUT2D eigenvalue weighted by atomic mass is 35.5. The smallest absolute Gasteiger partial charge is 0.237 e. The number of carbonyl (C=O) groups excluding carboxylic acids is 1. The molecular formula is C18H22ClFN2OS. The quantitative estimate of drug-likeness (QED) is 0.728. The molecule has 3 N–H and O–H groups in total. The molecule has 0 saturated carbocycles. The van der Waals surface area contributed by atoms with Crippen molar-refractivity contribution in [1.82, 2.24) is 5.32 Å². The van der Waals surface area contributed by atoms with Crippen molar-refractivity contribution >= 4 is 30.1 Å². The first-order valence-corrected chi connectivity index (χ1v) is 8.45. The third kappa shape index (κ3) is 6.15. The average molecular weight is 369 g/mol. The van der Waals surface area contributed by atoms with E-state index < -0.39 is 5.25 Å². The molecule has 0 aliphatic carbocycles. The lowest BCUT2D eigenvalue weighted by atomic mass is 10.1. The van der Waals surface area contributed by atoms with E-state index in [1.165, 1.54) is 17.8 Å². The van der Waals surface area contributed by atoms with Gasteiger partial charge in [0.2, 0.25) is 5.91 Å². The Kier molecular flexibility index (Phi) is 8.82. The van der Waals surface area contributed by atoms with Gasteiger partial charge in [-0.05, 0) is 31.0 Å². The number of halogens is 2. The van der Waals surface area contributed by atoms with Crippen molar-refractivity contribution in [2.45, 2.75) is 29.5 Å². The number of nitrogens with two attached hydrogens (primary N) is 1. The molecule has 2 aromatic carbocycles. The highest BCUT2D eigenvalue weighted by molar-refractivity contribution is 8.00. The Bertz CT molecular complexity index is 640. The summed E-state index contributed by atoms with van der Waals surface area (Å²) in [6.45, 7) is 2.41. The molecular weight excluding hydrogens is 347 g/mol. The summed E-state index contributed by atoms with van der Waals surface area (Å²) in [4.78, 5) is 13.0. The van der Waals surface area contributed by atoms with Crippen LogP contribution in [0.1, 0.15) is 24.2 Å². The Morgan fingerprint density at radius 3 is 2.42 bits per heavy atom. The summed E-state index contributed by atoms with van der Waals surface area (Å²) in [7, 11) is 0. The molecule has 0 aromatic heterocycles. The monoisotopic (exact) mass is 368 g/mol. The van der Waals surface area contributed by atoms with Crippen LogP contribution in [-0.4, -0.2) is 18.5 Å². The van der Waals surface area contributed by atoms with E-state index >= 15 is 0 Å². The Hall–Kier alpha value is -1.56. The Labute approximate surface area is 152 Å². The van der Waals surface area contributed by atoms with Crippen LogP contribution in [0.25, 0.3) is 0 Å². The fourth-order valence-electron chi connectivity index (χ4n) is 2.08. The molecule has 24 heavy (non-hydrogen) atoms. The first kappa shape index (κ1) is 20.5. The van der Waals surface area contributed by atoms with Crippen LogP contribution >= 0.6 is 24.2 Å². The van der Waals surface area contributed by atoms with E-state index in [0.717, 1.165) is 5.56 Å². The van der Waals surface area contributed by atoms with Crippen LogP contribution in [0.2, 0.25) is 0 Å². The molecule has 0 heterocycles. The van der Waals surface area contributed by atoms with Crippen LogP contribution < -0.4 is 11.1 Å². The third-order valence-electron chi connectivity index (χ3n) is 3.32. The third-order valence-corrected chi connectivity index (χ3v) is 4.63. The molecule has 2 rings (SSSR count). The van der Waals surface area contributed by atoms with Crippen LogP contribution in [0.3, 0.4) is 0 Å². The maximum atomic E-state index is 13.9. The molecule has 2 unspecified atom stereocenters. The SMILES string of the molecule is CC(N)CCNC(=O)C(Sc1ccccc1F)c1ccccc1.Cl. The summed E-state index contributed by atoms with van der Waals surface area (Å²) in [5.74, 6) is -0.452. The van der Waals surface area contributed by atoms with Crippen molar-refractivity contribution in [3.8, 4) is 0 Å². The van der Waals surface area contributed by atoms with Crippen LogP contribution in [0, 0.1) is 5.82 Å². The Balaban J connectivity index is 0.00000288. The number of benzene rings is 2. The van der Waals surface area contributed by atoms with Crippen molar-refractivity contribution < 1.29 is 9.18 Å². The van der Waals surface area contributed by atoms with Gasteiger partial charge in [0.05, 0.1) is 0 Å². The Morgan fingerprint density at radius 2 is 1.79 bits per heavy atom. The van der Waals surface area contributed by atoms with Gasteiger partial charge in [0.15, 0.2) is 0 Å². The molecule has 6 heteroatoms. The maximum absolute atomic E-state index is 13.9. The van der Waals surface area contributed by atoms with Crippen molar-refractivity contribution in [3.05, 3.63) is 66.0 Å². The normalized spacial score (nSPS) is 12.8. The molecule has 0 saturated heterocycles. The lowest BCUT2D eigenvalue weighted by Crippen LogP contribution is -2.31. The van der Waals surface area contributed by atoms with E-state index in [1.807, 2.05) is 37.3 Å². The fourth-order valence-corrected chi connectivity index (χ4v) is 3.16. The minimum absolute atomic E-state index is 0. The lowest BCUT2D eigenvalue weighted by molar-refractivity contribution is -0.120. The van der Waals surface area contributed by atoms with E-state index in [1.54, 1.807) is 18.2 Å². The number of hydrogen-bond acceptors (Lipinski definition) is 3. The first-order valence-electron chi connectivity index (χ1n) is 7.57. The second-order valence-electron chi connectivity index (χ2n) is 5.40. The molecule has 0 spiro atoms. The lowest BCUT2D eigenvalue weighted by Gasteiger charge is -2.18. The number of nitrogens with one attached hydrogen (secondary N) is 1. The molecule has 0 aliphatic rings. The molecule has 0 aliphatic heterocycles. The van der Waals surface area contributed by atoms with Gasteiger partial charge in [-0.3, -0.25) is 4.79 Å². The van der Waals surface area contributed by atoms with Crippen molar-refractivity contribution in [3.63, 3.8) is 0 Å². The number of amides is 1. The Morgan fingerprint density at radius 1 is 1.17 bits per heavy atom. The second-order valence-corrected chi connectivity index (χ2v) is 6.54. The van der Waals surface area contributed by atoms with Gasteiger partial charge in [-0.15, -0.1) is 24.2 Å². The molecule has 0 bridgehead atoms. The summed E-state index contributed by atoms with van der Waals surface area (Å²) >= 11 is 1.22. The van der Waals surface area contributed by atoms with Crippen molar-refractivity contribution in [2.24, 2.45) is 5.73 Å². The first-order chi connectivity index (χ1) is 11.1. The zero-order valence-electron chi connectivity index (χ0n) is 13.4. The summed E-state index contributed by atoms with van der Waals surface area (Å²) in [5.41, 5.74) is 6.55. The average Bonchev–Trinajstić information content (AvgIpc) is 2.54. The number of thioether (sulfide) groups is 1. The molecule has 0 fully saturated rings. The number of hydrogen-bond donors (Lipinski definition) is 2. The summed E-state index contributed by atoms with van der Waals surface area (Å²) in [6.07, 6.45) is 0.706. The van der Waals surface area contributed by atoms with Gasteiger partial charge in [-0.1, -0.05) is 42.5 Å². The van der Waals surface area contributed by atoms with E-state index in [0.29, 0.717) is 17.9 Å². The van der Waals surface area contributed by atoms with Crippen LogP contribution in [0.15, 0.2) is 59.5 Å². The zero-order valence-corrected chi connectivity index (χ0v) is 15.1. The van der Waals surface area contributed by atoms with Gasteiger partial charge in [0.25, 0.3) is 0 Å². The standard InChI is InChI=1S/C18H21FN2OS.ClH/c1-13(20)11-12-21-18(22)17(14-7-3-2-4-8-14)23-16-10-6-5-9-15(16)19;/h2-10,13,17H,11-12,20H2,1H3,(H,21,22);1H. The van der Waals surface area contributed by atoms with E-state index in [2.05, 4.69) is 5.32 Å². The van der Waals surface area contributed by atoms with Gasteiger partial charge in [0, 0.05) is 17.5 Å². The summed E-state index contributed by atoms with van der Waals surface area (Å²) in [6, 6.07) is 15.9. The van der Waals surface area contributed by atoms with Crippen LogP contribution in [0.5, 0.6) is 0 Å². The summed E-state index contributed by atoms with van der Waals surface area (Å²) < 4.78 is 13.9. The molecule has 130 valence electrons. The number of carbonyl (C=O) groups is 1. The van der Waals surface area contributed by atoms with Crippen LogP contribution in [-0.2, 0) is 4.79 Å². The van der Waals surface area contributed by atoms with Gasteiger partial charge in [-0.2, -0.15) is 0 Å². The van der Waals surface area contributed by atoms with Gasteiger partial charge < -0.3 is 11.1 Å². The predicted molar refractivity (Wildman–Crippen MR) is 100.0 cm³/mol. The zero-order chi connectivity index (χ0) is 16.7. The molecule has 2 atom stereocenters. The van der Waals surface area contributed by atoms with Crippen molar-refractivity contribution in [1.29, 1.82) is 0 Å². The highest BCUT2D eigenvalue weighted by Crippen LogP contribution is 2.36. The summed E-state index contributed by atoms with van der Waals surface area (Å²) in [5, 5.41) is 2.39. The van der Waals surface area contributed by atoms with E-state index in [-0.39, 0.29) is 30.2 Å². The predicted octanol–water partition coefficient (Wildman–Crippen LogP) is 3.93. The minimum atomic E-state index is -0.499. The molecule has 0 radical (unpaired) electrons. The van der Waals surface area contributed by atoms with Gasteiger partial charge in [-0.25, -0.2) is 4.39 Å². The molecule has 1 amide bonds. The van der Waals surface area contributed by atoms with Crippen LogP contribution in [0.4, 0.5) is 4.39 Å². The van der Waals surface area contributed by atoms with Gasteiger partial charge >= 0.3 is 0 Å². The maximum Gasteiger partial charge on any atom is 0.237 e.